The molecule has 0 aliphatic carbocycles. The van der Waals surface area contributed by atoms with Gasteiger partial charge in [0.05, 0.1) is 5.92 Å². The van der Waals surface area contributed by atoms with Crippen LogP contribution in [0.1, 0.15) is 28.7 Å². The second-order valence-corrected chi connectivity index (χ2v) is 6.88. The van der Waals surface area contributed by atoms with E-state index in [1.54, 1.807) is 4.90 Å². The molecule has 1 unspecified atom stereocenters. The Hall–Kier alpha value is -2.62. The molecule has 1 aliphatic rings. The molecule has 0 saturated carbocycles. The summed E-state index contributed by atoms with van der Waals surface area (Å²) in [6.07, 6.45) is 0.270. The van der Waals surface area contributed by atoms with Gasteiger partial charge in [0.25, 0.3) is 0 Å². The number of carbonyl (C=O) groups excluding carboxylic acids is 2. The van der Waals surface area contributed by atoms with Gasteiger partial charge in [-0.3, -0.25) is 9.59 Å². The predicted molar refractivity (Wildman–Crippen MR) is 99.4 cm³/mol. The highest BCUT2D eigenvalue weighted by Gasteiger charge is 2.35. The molecule has 1 fully saturated rings. The predicted octanol–water partition coefficient (Wildman–Crippen LogP) is 3.28. The summed E-state index contributed by atoms with van der Waals surface area (Å²) >= 11 is 0. The van der Waals surface area contributed by atoms with Gasteiger partial charge in [-0.1, -0.05) is 35.9 Å². The monoisotopic (exact) mass is 336 g/mol. The Bertz CT molecular complexity index is 796. The molecule has 25 heavy (non-hydrogen) atoms. The molecule has 0 radical (unpaired) electrons. The molecule has 1 heterocycles. The Kier molecular flexibility index (Phi) is 4.88. The standard InChI is InChI=1S/C21H24N2O2/c1-14-4-7-17(8-5-14)12-22-21(25)18-11-20(24)23(13-18)19-9-6-15(2)16(3)10-19/h4-10,18H,11-13H2,1-3H3,(H,22,25). The van der Waals surface area contributed by atoms with Gasteiger partial charge >= 0.3 is 0 Å². The Morgan fingerprint density at radius 3 is 2.48 bits per heavy atom. The van der Waals surface area contributed by atoms with Crippen molar-refractivity contribution in [2.75, 3.05) is 11.4 Å². The quantitative estimate of drug-likeness (QED) is 0.931. The van der Waals surface area contributed by atoms with E-state index in [1.807, 2.05) is 63.2 Å². The molecule has 0 aromatic heterocycles. The lowest BCUT2D eigenvalue weighted by atomic mass is 10.1. The molecule has 0 spiro atoms. The molecule has 130 valence electrons. The minimum absolute atomic E-state index is 0.0127. The Balaban J connectivity index is 1.62. The highest BCUT2D eigenvalue weighted by atomic mass is 16.2. The summed E-state index contributed by atoms with van der Waals surface area (Å²) in [5, 5.41) is 2.96. The lowest BCUT2D eigenvalue weighted by molar-refractivity contribution is -0.126. The number of nitrogens with zero attached hydrogens (tertiary/aromatic N) is 1. The molecule has 1 aliphatic heterocycles. The van der Waals surface area contributed by atoms with E-state index < -0.39 is 0 Å². The van der Waals surface area contributed by atoms with Crippen LogP contribution in [0.2, 0.25) is 0 Å². The molecule has 2 aromatic rings. The second kappa shape index (κ2) is 7.09. The second-order valence-electron chi connectivity index (χ2n) is 6.88. The number of carbonyl (C=O) groups is 2. The first-order valence-electron chi connectivity index (χ1n) is 8.65. The minimum Gasteiger partial charge on any atom is -0.352 e. The topological polar surface area (TPSA) is 49.4 Å². The summed E-state index contributed by atoms with van der Waals surface area (Å²) in [5.41, 5.74) is 5.48. The minimum atomic E-state index is -0.292. The fourth-order valence-corrected chi connectivity index (χ4v) is 3.07. The van der Waals surface area contributed by atoms with Gasteiger partial charge in [0, 0.05) is 25.2 Å². The lowest BCUT2D eigenvalue weighted by Crippen LogP contribution is -2.32. The summed E-state index contributed by atoms with van der Waals surface area (Å²) in [7, 11) is 0. The van der Waals surface area contributed by atoms with Crippen LogP contribution in [0.4, 0.5) is 5.69 Å². The van der Waals surface area contributed by atoms with Gasteiger partial charge < -0.3 is 10.2 Å². The molecule has 4 heteroatoms. The van der Waals surface area contributed by atoms with Crippen LogP contribution in [0, 0.1) is 26.7 Å². The van der Waals surface area contributed by atoms with Crippen LogP contribution in [0.25, 0.3) is 0 Å². The van der Waals surface area contributed by atoms with Crippen LogP contribution < -0.4 is 10.2 Å². The Morgan fingerprint density at radius 1 is 1.08 bits per heavy atom. The maximum absolute atomic E-state index is 12.4. The molecule has 1 N–H and O–H groups in total. The third-order valence-electron chi connectivity index (χ3n) is 4.89. The highest BCUT2D eigenvalue weighted by molar-refractivity contribution is 6.00. The number of rotatable bonds is 4. The first-order chi connectivity index (χ1) is 11.9. The van der Waals surface area contributed by atoms with Crippen LogP contribution in [0.5, 0.6) is 0 Å². The summed E-state index contributed by atoms with van der Waals surface area (Å²) in [4.78, 5) is 26.5. The number of hydrogen-bond acceptors (Lipinski definition) is 2. The van der Waals surface area contributed by atoms with E-state index in [0.29, 0.717) is 13.1 Å². The van der Waals surface area contributed by atoms with E-state index in [1.165, 1.54) is 11.1 Å². The molecule has 0 bridgehead atoms. The average Bonchev–Trinajstić information content (AvgIpc) is 2.98. The summed E-state index contributed by atoms with van der Waals surface area (Å²) in [6, 6.07) is 14.1. The van der Waals surface area contributed by atoms with Crippen molar-refractivity contribution in [2.45, 2.75) is 33.7 Å². The molecule has 1 atom stereocenters. The zero-order chi connectivity index (χ0) is 18.0. The van der Waals surface area contributed by atoms with Crippen molar-refractivity contribution in [3.8, 4) is 0 Å². The largest absolute Gasteiger partial charge is 0.352 e. The zero-order valence-corrected chi connectivity index (χ0v) is 15.0. The van der Waals surface area contributed by atoms with E-state index in [4.69, 9.17) is 0 Å². The van der Waals surface area contributed by atoms with Gasteiger partial charge in [0.1, 0.15) is 0 Å². The SMILES string of the molecule is Cc1ccc(CNC(=O)C2CC(=O)N(c3ccc(C)c(C)c3)C2)cc1. The zero-order valence-electron chi connectivity index (χ0n) is 15.0. The molecular formula is C21H24N2O2. The third-order valence-corrected chi connectivity index (χ3v) is 4.89. The number of nitrogens with one attached hydrogen (secondary N) is 1. The van der Waals surface area contributed by atoms with Gasteiger partial charge in [-0.25, -0.2) is 0 Å². The highest BCUT2D eigenvalue weighted by Crippen LogP contribution is 2.27. The van der Waals surface area contributed by atoms with Crippen molar-refractivity contribution < 1.29 is 9.59 Å². The number of benzene rings is 2. The van der Waals surface area contributed by atoms with Gasteiger partial charge in [0.2, 0.25) is 11.8 Å². The van der Waals surface area contributed by atoms with Crippen LogP contribution >= 0.6 is 0 Å². The van der Waals surface area contributed by atoms with Crippen LogP contribution in [-0.4, -0.2) is 18.4 Å². The maximum Gasteiger partial charge on any atom is 0.227 e. The number of aryl methyl sites for hydroxylation is 3. The van der Waals surface area contributed by atoms with Crippen molar-refractivity contribution in [3.63, 3.8) is 0 Å². The summed E-state index contributed by atoms with van der Waals surface area (Å²) < 4.78 is 0. The van der Waals surface area contributed by atoms with E-state index in [-0.39, 0.29) is 24.2 Å². The van der Waals surface area contributed by atoms with E-state index >= 15 is 0 Å². The van der Waals surface area contributed by atoms with Crippen molar-refractivity contribution >= 4 is 17.5 Å². The van der Waals surface area contributed by atoms with Crippen LogP contribution in [0.3, 0.4) is 0 Å². The fourth-order valence-electron chi connectivity index (χ4n) is 3.07. The average molecular weight is 336 g/mol. The molecule has 1 saturated heterocycles. The maximum atomic E-state index is 12.4. The van der Waals surface area contributed by atoms with Gasteiger partial charge in [-0.2, -0.15) is 0 Å². The number of hydrogen-bond donors (Lipinski definition) is 1. The van der Waals surface area contributed by atoms with Crippen molar-refractivity contribution in [2.24, 2.45) is 5.92 Å². The summed E-state index contributed by atoms with van der Waals surface area (Å²) in [6.45, 7) is 7.06. The lowest BCUT2D eigenvalue weighted by Gasteiger charge is -2.18. The first kappa shape index (κ1) is 17.2. The van der Waals surface area contributed by atoms with Crippen molar-refractivity contribution in [3.05, 3.63) is 64.7 Å². The Morgan fingerprint density at radius 2 is 1.80 bits per heavy atom. The number of amides is 2. The van der Waals surface area contributed by atoms with Crippen molar-refractivity contribution in [1.82, 2.24) is 5.32 Å². The first-order valence-corrected chi connectivity index (χ1v) is 8.65. The van der Waals surface area contributed by atoms with Gasteiger partial charge in [-0.05, 0) is 49.6 Å². The van der Waals surface area contributed by atoms with Gasteiger partial charge in [0.15, 0.2) is 0 Å². The van der Waals surface area contributed by atoms with Crippen LogP contribution in [0.15, 0.2) is 42.5 Å². The summed E-state index contributed by atoms with van der Waals surface area (Å²) in [5.74, 6) is -0.335. The van der Waals surface area contributed by atoms with Gasteiger partial charge in [-0.15, -0.1) is 0 Å². The van der Waals surface area contributed by atoms with E-state index in [0.717, 1.165) is 16.8 Å². The van der Waals surface area contributed by atoms with Crippen molar-refractivity contribution in [1.29, 1.82) is 0 Å². The van der Waals surface area contributed by atoms with E-state index in [9.17, 15) is 9.59 Å². The molecule has 3 rings (SSSR count). The smallest absolute Gasteiger partial charge is 0.227 e. The third kappa shape index (κ3) is 3.90. The Labute approximate surface area is 148 Å². The van der Waals surface area contributed by atoms with Crippen LogP contribution in [-0.2, 0) is 16.1 Å². The molecule has 2 amide bonds. The molecule has 4 nitrogen and oxygen atoms in total. The fraction of sp³-hybridized carbons (Fsp3) is 0.333. The molecular weight excluding hydrogens is 312 g/mol. The van der Waals surface area contributed by atoms with E-state index in [2.05, 4.69) is 5.32 Å². The number of anilines is 1. The molecule has 2 aromatic carbocycles. The normalized spacial score (nSPS) is 17.0.